The van der Waals surface area contributed by atoms with Crippen LogP contribution in [0.5, 0.6) is 0 Å². The van der Waals surface area contributed by atoms with E-state index in [2.05, 4.69) is 15.3 Å². The molecular weight excluding hydrogens is 242 g/mol. The van der Waals surface area contributed by atoms with Gasteiger partial charge in [0, 0.05) is 18.3 Å². The lowest BCUT2D eigenvalue weighted by Gasteiger charge is -2.08. The molecule has 16 heavy (non-hydrogen) atoms. The Labute approximate surface area is 104 Å². The number of aromatic nitrogens is 2. The summed E-state index contributed by atoms with van der Waals surface area (Å²) >= 11 is 7.39. The maximum Gasteiger partial charge on any atom is 0.171 e. The third-order valence-electron chi connectivity index (χ3n) is 2.42. The minimum Gasteiger partial charge on any atom is -0.373 e. The number of hydrogen-bond donors (Lipinski definition) is 1. The molecule has 0 unspecified atom stereocenters. The number of aryl methyl sites for hydroxylation is 1. The van der Waals surface area contributed by atoms with Crippen molar-refractivity contribution in [2.45, 2.75) is 13.8 Å². The largest absolute Gasteiger partial charge is 0.373 e. The Morgan fingerprint density at radius 3 is 2.56 bits per heavy atom. The molecule has 0 saturated carbocycles. The summed E-state index contributed by atoms with van der Waals surface area (Å²) in [5.41, 5.74) is 2.06. The van der Waals surface area contributed by atoms with E-state index in [-0.39, 0.29) is 0 Å². The molecule has 84 valence electrons. The average molecular weight is 254 g/mol. The van der Waals surface area contributed by atoms with Gasteiger partial charge in [-0.25, -0.2) is 9.97 Å². The molecule has 0 radical (unpaired) electrons. The normalized spacial score (nSPS) is 10.5. The van der Waals surface area contributed by atoms with Gasteiger partial charge >= 0.3 is 0 Å². The van der Waals surface area contributed by atoms with Crippen LogP contribution in [0.3, 0.4) is 0 Å². The van der Waals surface area contributed by atoms with Crippen molar-refractivity contribution in [3.05, 3.63) is 27.7 Å². The number of halogens is 1. The fourth-order valence-corrected chi connectivity index (χ4v) is 2.39. The fourth-order valence-electron chi connectivity index (χ4n) is 1.42. The van der Waals surface area contributed by atoms with E-state index in [9.17, 15) is 0 Å². The zero-order valence-corrected chi connectivity index (χ0v) is 10.9. The molecule has 2 aromatic heterocycles. The molecule has 5 heteroatoms. The molecule has 0 aliphatic rings. The number of anilines is 1. The number of rotatable bonds is 2. The molecule has 3 nitrogen and oxygen atoms in total. The molecule has 0 fully saturated rings. The van der Waals surface area contributed by atoms with E-state index < -0.39 is 0 Å². The first-order chi connectivity index (χ1) is 7.61. The summed E-state index contributed by atoms with van der Waals surface area (Å²) in [5.74, 6) is 1.59. The van der Waals surface area contributed by atoms with Gasteiger partial charge in [0.2, 0.25) is 0 Å². The molecule has 2 aromatic rings. The zero-order chi connectivity index (χ0) is 11.7. The van der Waals surface area contributed by atoms with Gasteiger partial charge < -0.3 is 5.32 Å². The highest BCUT2D eigenvalue weighted by atomic mass is 35.5. The van der Waals surface area contributed by atoms with E-state index in [4.69, 9.17) is 11.6 Å². The fraction of sp³-hybridized carbons (Fsp3) is 0.273. The maximum atomic E-state index is 5.90. The Morgan fingerprint density at radius 2 is 2.00 bits per heavy atom. The van der Waals surface area contributed by atoms with E-state index in [0.717, 1.165) is 32.1 Å². The van der Waals surface area contributed by atoms with E-state index in [1.54, 1.807) is 0 Å². The highest BCUT2D eigenvalue weighted by Crippen LogP contribution is 2.30. The van der Waals surface area contributed by atoms with Crippen LogP contribution in [0.15, 0.2) is 12.1 Å². The average Bonchev–Trinajstić information content (AvgIpc) is 2.69. The van der Waals surface area contributed by atoms with Gasteiger partial charge in [-0.2, -0.15) is 0 Å². The first-order valence-corrected chi connectivity index (χ1v) is 6.10. The summed E-state index contributed by atoms with van der Waals surface area (Å²) in [6.07, 6.45) is 0. The van der Waals surface area contributed by atoms with Crippen molar-refractivity contribution in [1.29, 1.82) is 0 Å². The van der Waals surface area contributed by atoms with Crippen molar-refractivity contribution >= 4 is 28.8 Å². The van der Waals surface area contributed by atoms with Crippen LogP contribution in [-0.4, -0.2) is 17.0 Å². The first-order valence-electron chi connectivity index (χ1n) is 4.90. The number of thiophene rings is 1. The van der Waals surface area contributed by atoms with Gasteiger partial charge in [-0.15, -0.1) is 11.3 Å². The maximum absolute atomic E-state index is 5.90. The second-order valence-electron chi connectivity index (χ2n) is 3.46. The third kappa shape index (κ3) is 2.03. The third-order valence-corrected chi connectivity index (χ3v) is 3.65. The van der Waals surface area contributed by atoms with Crippen molar-refractivity contribution in [3.8, 4) is 10.7 Å². The standard InChI is InChI=1S/C11H12ClN3S/c1-6-7(2)14-11(15-10(6)13-3)8-4-5-9(12)16-8/h4-5H,1-3H3,(H,13,14,15). The van der Waals surface area contributed by atoms with Gasteiger partial charge in [0.25, 0.3) is 0 Å². The summed E-state index contributed by atoms with van der Waals surface area (Å²) in [6, 6.07) is 3.80. The van der Waals surface area contributed by atoms with Gasteiger partial charge in [-0.05, 0) is 26.0 Å². The quantitative estimate of drug-likeness (QED) is 0.890. The summed E-state index contributed by atoms with van der Waals surface area (Å²) in [4.78, 5) is 9.92. The highest BCUT2D eigenvalue weighted by Gasteiger charge is 2.10. The minimum absolute atomic E-state index is 0.726. The smallest absolute Gasteiger partial charge is 0.171 e. The predicted molar refractivity (Wildman–Crippen MR) is 69.4 cm³/mol. The first kappa shape index (κ1) is 11.4. The van der Waals surface area contributed by atoms with Crippen LogP contribution in [0.25, 0.3) is 10.7 Å². The Morgan fingerprint density at radius 1 is 1.25 bits per heavy atom. The Kier molecular flexibility index (Phi) is 3.12. The van der Waals surface area contributed by atoms with Gasteiger partial charge in [-0.3, -0.25) is 0 Å². The molecule has 0 aromatic carbocycles. The van der Waals surface area contributed by atoms with Crippen LogP contribution < -0.4 is 5.32 Å². The Hall–Kier alpha value is -1.13. The van der Waals surface area contributed by atoms with Gasteiger partial charge in [0.1, 0.15) is 5.82 Å². The van der Waals surface area contributed by atoms with E-state index in [1.165, 1.54) is 11.3 Å². The molecule has 0 bridgehead atoms. The number of hydrogen-bond acceptors (Lipinski definition) is 4. The summed E-state index contributed by atoms with van der Waals surface area (Å²) < 4.78 is 0.753. The van der Waals surface area contributed by atoms with Crippen molar-refractivity contribution < 1.29 is 0 Å². The van der Waals surface area contributed by atoms with E-state index in [1.807, 2.05) is 33.0 Å². The molecule has 0 spiro atoms. The van der Waals surface area contributed by atoms with Crippen molar-refractivity contribution in [2.75, 3.05) is 12.4 Å². The van der Waals surface area contributed by atoms with Crippen LogP contribution in [0, 0.1) is 13.8 Å². The summed E-state index contributed by atoms with van der Waals surface area (Å²) in [7, 11) is 1.86. The molecule has 0 aliphatic carbocycles. The molecule has 1 N–H and O–H groups in total. The van der Waals surface area contributed by atoms with Crippen LogP contribution in [0.2, 0.25) is 4.34 Å². The zero-order valence-electron chi connectivity index (χ0n) is 9.34. The summed E-state index contributed by atoms with van der Waals surface area (Å²) in [6.45, 7) is 3.99. The molecule has 2 rings (SSSR count). The van der Waals surface area contributed by atoms with Gasteiger partial charge in [0.15, 0.2) is 5.82 Å². The van der Waals surface area contributed by atoms with Crippen LogP contribution in [0.1, 0.15) is 11.3 Å². The minimum atomic E-state index is 0.726. The monoisotopic (exact) mass is 253 g/mol. The SMILES string of the molecule is CNc1nc(-c2ccc(Cl)s2)nc(C)c1C. The van der Waals surface area contributed by atoms with E-state index in [0.29, 0.717) is 0 Å². The van der Waals surface area contributed by atoms with Crippen molar-refractivity contribution in [2.24, 2.45) is 0 Å². The second kappa shape index (κ2) is 4.39. The van der Waals surface area contributed by atoms with Crippen LogP contribution >= 0.6 is 22.9 Å². The second-order valence-corrected chi connectivity index (χ2v) is 5.18. The lowest BCUT2D eigenvalue weighted by molar-refractivity contribution is 1.07. The van der Waals surface area contributed by atoms with Gasteiger partial charge in [-0.1, -0.05) is 11.6 Å². The Balaban J connectivity index is 2.54. The molecule has 0 aliphatic heterocycles. The molecule has 0 atom stereocenters. The molecule has 0 saturated heterocycles. The predicted octanol–water partition coefficient (Wildman–Crippen LogP) is 3.52. The van der Waals surface area contributed by atoms with Gasteiger partial charge in [0.05, 0.1) is 9.21 Å². The van der Waals surface area contributed by atoms with Crippen LogP contribution in [0.4, 0.5) is 5.82 Å². The number of nitrogens with one attached hydrogen (secondary N) is 1. The highest BCUT2D eigenvalue weighted by molar-refractivity contribution is 7.19. The van der Waals surface area contributed by atoms with Crippen molar-refractivity contribution in [1.82, 2.24) is 9.97 Å². The van der Waals surface area contributed by atoms with Crippen molar-refractivity contribution in [3.63, 3.8) is 0 Å². The van der Waals surface area contributed by atoms with Crippen LogP contribution in [-0.2, 0) is 0 Å². The lowest BCUT2D eigenvalue weighted by Crippen LogP contribution is -2.01. The molecular formula is C11H12ClN3S. The number of nitrogens with zero attached hydrogens (tertiary/aromatic N) is 2. The van der Waals surface area contributed by atoms with E-state index >= 15 is 0 Å². The summed E-state index contributed by atoms with van der Waals surface area (Å²) in [5, 5.41) is 3.07. The Bertz CT molecular complexity index is 522. The topological polar surface area (TPSA) is 37.8 Å². The lowest BCUT2D eigenvalue weighted by atomic mass is 10.2. The molecule has 0 amide bonds. The molecule has 2 heterocycles.